The first kappa shape index (κ1) is 21.3. The molecule has 2 aromatic carbocycles. The van der Waals surface area contributed by atoms with Crippen molar-refractivity contribution >= 4 is 21.5 Å². The zero-order valence-corrected chi connectivity index (χ0v) is 18.4. The van der Waals surface area contributed by atoms with E-state index in [0.717, 1.165) is 35.7 Å². The summed E-state index contributed by atoms with van der Waals surface area (Å²) in [6, 6.07) is 20.9. The largest absolute Gasteiger partial charge is 0.355 e. The molecule has 6 nitrogen and oxygen atoms in total. The number of nitrogens with zero attached hydrogens (tertiary/aromatic N) is 3. The van der Waals surface area contributed by atoms with E-state index in [0.29, 0.717) is 12.1 Å². The van der Waals surface area contributed by atoms with E-state index in [9.17, 15) is 8.42 Å². The van der Waals surface area contributed by atoms with Gasteiger partial charge in [0.25, 0.3) is 0 Å². The maximum atomic E-state index is 12.4. The summed E-state index contributed by atoms with van der Waals surface area (Å²) in [6.45, 7) is 2.07. The molecule has 3 aromatic rings. The lowest BCUT2D eigenvalue weighted by Gasteiger charge is -2.20. The monoisotopic (exact) mass is 436 g/mol. The Morgan fingerprint density at radius 3 is 2.16 bits per heavy atom. The first-order chi connectivity index (χ1) is 15.1. The topological polar surface area (TPSA) is 75.2 Å². The number of benzene rings is 2. The Kier molecular flexibility index (Phi) is 6.82. The normalized spacial score (nSPS) is 14.8. The van der Waals surface area contributed by atoms with Gasteiger partial charge in [-0.1, -0.05) is 55.3 Å². The molecule has 1 N–H and O–H groups in total. The molecule has 0 saturated carbocycles. The number of aromatic nitrogens is 2. The molecule has 31 heavy (non-hydrogen) atoms. The van der Waals surface area contributed by atoms with E-state index in [2.05, 4.69) is 19.8 Å². The molecule has 1 saturated heterocycles. The molecule has 0 amide bonds. The van der Waals surface area contributed by atoms with Crippen LogP contribution in [0.2, 0.25) is 0 Å². The van der Waals surface area contributed by atoms with Crippen molar-refractivity contribution in [2.24, 2.45) is 0 Å². The van der Waals surface area contributed by atoms with E-state index in [1.807, 2.05) is 54.6 Å². The van der Waals surface area contributed by atoms with Crippen LogP contribution >= 0.6 is 0 Å². The van der Waals surface area contributed by atoms with Gasteiger partial charge in [0.05, 0.1) is 11.4 Å². The molecule has 162 valence electrons. The predicted octanol–water partition coefficient (Wildman–Crippen LogP) is 4.51. The van der Waals surface area contributed by atoms with E-state index >= 15 is 0 Å². The summed E-state index contributed by atoms with van der Waals surface area (Å²) in [6.07, 6.45) is 5.44. The minimum Gasteiger partial charge on any atom is -0.355 e. The van der Waals surface area contributed by atoms with Gasteiger partial charge in [-0.25, -0.2) is 8.42 Å². The fourth-order valence-corrected chi connectivity index (χ4v) is 4.89. The van der Waals surface area contributed by atoms with Crippen LogP contribution in [-0.4, -0.2) is 37.5 Å². The Labute approximate surface area is 184 Å². The average Bonchev–Trinajstić information content (AvgIpc) is 3.09. The molecule has 1 fully saturated rings. The minimum atomic E-state index is -3.41. The van der Waals surface area contributed by atoms with Gasteiger partial charge in [-0.3, -0.25) is 4.72 Å². The number of hydrogen-bond acceptors (Lipinski definition) is 5. The number of nitrogens with one attached hydrogen (secondary N) is 1. The van der Waals surface area contributed by atoms with E-state index in [4.69, 9.17) is 0 Å². The van der Waals surface area contributed by atoms with Crippen LogP contribution in [0.4, 0.5) is 11.5 Å². The van der Waals surface area contributed by atoms with Crippen molar-refractivity contribution in [1.29, 1.82) is 0 Å². The molecule has 2 heterocycles. The van der Waals surface area contributed by atoms with E-state index in [1.165, 1.54) is 25.7 Å². The molecule has 0 bridgehead atoms. The van der Waals surface area contributed by atoms with Crippen molar-refractivity contribution in [1.82, 2.24) is 10.2 Å². The van der Waals surface area contributed by atoms with Crippen LogP contribution in [-0.2, 0) is 16.4 Å². The lowest BCUT2D eigenvalue weighted by Crippen LogP contribution is -2.25. The molecular weight excluding hydrogens is 408 g/mol. The van der Waals surface area contributed by atoms with Gasteiger partial charge >= 0.3 is 0 Å². The summed E-state index contributed by atoms with van der Waals surface area (Å²) in [5.41, 5.74) is 3.23. The summed E-state index contributed by atoms with van der Waals surface area (Å²) >= 11 is 0. The van der Waals surface area contributed by atoms with E-state index < -0.39 is 10.0 Å². The molecule has 0 unspecified atom stereocenters. The predicted molar refractivity (Wildman–Crippen MR) is 126 cm³/mol. The van der Waals surface area contributed by atoms with Crippen LogP contribution < -0.4 is 9.62 Å². The standard InChI is InChI=1S/C24H28N4O2S/c29-31(30,19-16-20-8-4-3-5-9-20)27-22-12-10-21(11-13-22)23-14-15-24(26-25-23)28-17-6-1-2-7-18-28/h3-5,8-15,27H,1-2,6-7,16-19H2. The van der Waals surface area contributed by atoms with Crippen LogP contribution in [0.3, 0.4) is 0 Å². The third-order valence-corrected chi connectivity index (χ3v) is 6.83. The smallest absolute Gasteiger partial charge is 0.233 e. The third-order valence-electron chi connectivity index (χ3n) is 5.54. The fourth-order valence-electron chi connectivity index (χ4n) is 3.78. The van der Waals surface area contributed by atoms with Gasteiger partial charge in [-0.15, -0.1) is 10.2 Å². The molecule has 1 aliphatic rings. The molecule has 1 aromatic heterocycles. The third kappa shape index (κ3) is 6.04. The highest BCUT2D eigenvalue weighted by Crippen LogP contribution is 2.22. The molecule has 4 rings (SSSR count). The zero-order chi connectivity index (χ0) is 21.5. The number of rotatable bonds is 7. The van der Waals surface area contributed by atoms with E-state index in [-0.39, 0.29) is 5.75 Å². The molecule has 0 radical (unpaired) electrons. The van der Waals surface area contributed by atoms with Gasteiger partial charge < -0.3 is 4.90 Å². The second kappa shape index (κ2) is 9.92. The molecule has 1 aliphatic heterocycles. The molecule has 7 heteroatoms. The van der Waals surface area contributed by atoms with Gasteiger partial charge in [-0.05, 0) is 49.1 Å². The Hall–Kier alpha value is -2.93. The first-order valence-corrected chi connectivity index (χ1v) is 12.5. The van der Waals surface area contributed by atoms with Gasteiger partial charge in [0, 0.05) is 24.3 Å². The highest BCUT2D eigenvalue weighted by molar-refractivity contribution is 7.92. The molecule has 0 aliphatic carbocycles. The lowest BCUT2D eigenvalue weighted by atomic mass is 10.1. The highest BCUT2D eigenvalue weighted by atomic mass is 32.2. The van der Waals surface area contributed by atoms with Gasteiger partial charge in [-0.2, -0.15) is 0 Å². The molecule has 0 atom stereocenters. The second-order valence-electron chi connectivity index (χ2n) is 7.91. The molecule has 0 spiro atoms. The van der Waals surface area contributed by atoms with Crippen LogP contribution in [0.5, 0.6) is 0 Å². The van der Waals surface area contributed by atoms with Gasteiger partial charge in [0.2, 0.25) is 10.0 Å². The van der Waals surface area contributed by atoms with Crippen LogP contribution in [0, 0.1) is 0 Å². The maximum absolute atomic E-state index is 12.4. The van der Waals surface area contributed by atoms with Crippen LogP contribution in [0.1, 0.15) is 31.2 Å². The van der Waals surface area contributed by atoms with Crippen molar-refractivity contribution in [3.05, 3.63) is 72.3 Å². The Morgan fingerprint density at radius 2 is 1.52 bits per heavy atom. The first-order valence-electron chi connectivity index (χ1n) is 10.8. The van der Waals surface area contributed by atoms with Crippen molar-refractivity contribution in [2.45, 2.75) is 32.1 Å². The average molecular weight is 437 g/mol. The van der Waals surface area contributed by atoms with Crippen LogP contribution in [0.15, 0.2) is 66.7 Å². The number of anilines is 2. The van der Waals surface area contributed by atoms with Crippen LogP contribution in [0.25, 0.3) is 11.3 Å². The summed E-state index contributed by atoms with van der Waals surface area (Å²) in [4.78, 5) is 2.30. The minimum absolute atomic E-state index is 0.0439. The lowest BCUT2D eigenvalue weighted by molar-refractivity contribution is 0.600. The quantitative estimate of drug-likeness (QED) is 0.590. The van der Waals surface area contributed by atoms with Gasteiger partial charge in [0.1, 0.15) is 0 Å². The Bertz CT molecular complexity index is 1060. The van der Waals surface area contributed by atoms with Crippen molar-refractivity contribution in [2.75, 3.05) is 28.5 Å². The van der Waals surface area contributed by atoms with E-state index in [1.54, 1.807) is 12.1 Å². The Morgan fingerprint density at radius 1 is 0.806 bits per heavy atom. The highest BCUT2D eigenvalue weighted by Gasteiger charge is 2.13. The maximum Gasteiger partial charge on any atom is 0.233 e. The van der Waals surface area contributed by atoms with Crippen molar-refractivity contribution < 1.29 is 8.42 Å². The number of sulfonamides is 1. The SMILES string of the molecule is O=S(=O)(CCc1ccccc1)Nc1ccc(-c2ccc(N3CCCCCC3)nn2)cc1. The zero-order valence-electron chi connectivity index (χ0n) is 17.6. The second-order valence-corrected chi connectivity index (χ2v) is 9.75. The van der Waals surface area contributed by atoms with Crippen molar-refractivity contribution in [3.8, 4) is 11.3 Å². The Balaban J connectivity index is 1.37. The fraction of sp³-hybridized carbons (Fsp3) is 0.333. The molecular formula is C24H28N4O2S. The summed E-state index contributed by atoms with van der Waals surface area (Å²) < 4.78 is 27.5. The number of hydrogen-bond donors (Lipinski definition) is 1. The summed E-state index contributed by atoms with van der Waals surface area (Å²) in [7, 11) is -3.41. The van der Waals surface area contributed by atoms with Crippen molar-refractivity contribution in [3.63, 3.8) is 0 Å². The number of aryl methyl sites for hydroxylation is 1. The van der Waals surface area contributed by atoms with Gasteiger partial charge in [0.15, 0.2) is 5.82 Å². The summed E-state index contributed by atoms with van der Waals surface area (Å²) in [5, 5.41) is 8.81. The summed E-state index contributed by atoms with van der Waals surface area (Å²) in [5.74, 6) is 0.968.